The van der Waals surface area contributed by atoms with Crippen molar-refractivity contribution >= 4 is 24.8 Å². The molecular formula is C43H81NO4P+. The number of aliphatic hydroxyl groups excluding tert-OH is 1. The van der Waals surface area contributed by atoms with Crippen LogP contribution in [0.1, 0.15) is 201 Å². The number of carbonyl (C=O) groups excluding carboxylic acids is 2. The number of nitrogens with zero attached hydrogens (tertiary/aromatic N) is 1. The van der Waals surface area contributed by atoms with Crippen LogP contribution in [0.25, 0.3) is 0 Å². The first-order valence-corrected chi connectivity index (χ1v) is 22.2. The van der Waals surface area contributed by atoms with Crippen molar-refractivity contribution in [3.63, 3.8) is 0 Å². The Kier molecular flexibility index (Phi) is 30.9. The molecule has 1 unspecified atom stereocenters. The SMILES string of the molecule is CCCCCCCC/C=C\CCCCCCCC(=O)C(C(=O)CCCCCCC/C=C\CCCCCCCC)(C(O)=[P+]([O-])CC)[N+](C)(C)C. The Labute approximate surface area is 305 Å². The number of Topliss-reactive ketones (excluding diaryl/α,β-unsaturated/α-hetero) is 2. The lowest BCUT2D eigenvalue weighted by molar-refractivity contribution is -0.891. The molecule has 0 fully saturated rings. The number of aliphatic hydroxyl groups is 1. The number of hydrogen-bond donors (Lipinski definition) is 1. The highest BCUT2D eigenvalue weighted by Gasteiger charge is 2.62. The van der Waals surface area contributed by atoms with Crippen molar-refractivity contribution in [3.8, 4) is 0 Å². The number of carbonyl (C=O) groups is 2. The summed E-state index contributed by atoms with van der Waals surface area (Å²) >= 11 is 0. The van der Waals surface area contributed by atoms with Crippen LogP contribution in [0.15, 0.2) is 24.3 Å². The summed E-state index contributed by atoms with van der Waals surface area (Å²) in [6.07, 6.45) is 40.5. The molecule has 0 saturated carbocycles. The molecule has 0 aliphatic heterocycles. The predicted octanol–water partition coefficient (Wildman–Crippen LogP) is 11.9. The zero-order valence-electron chi connectivity index (χ0n) is 33.4. The van der Waals surface area contributed by atoms with Gasteiger partial charge >= 0.3 is 5.54 Å². The summed E-state index contributed by atoms with van der Waals surface area (Å²) in [5, 5.41) is 11.3. The van der Waals surface area contributed by atoms with Crippen LogP contribution in [-0.2, 0) is 9.59 Å². The van der Waals surface area contributed by atoms with E-state index in [4.69, 9.17) is 0 Å². The first-order chi connectivity index (χ1) is 23.6. The molecule has 0 rings (SSSR count). The molecule has 0 aromatic carbocycles. The van der Waals surface area contributed by atoms with Gasteiger partial charge in [0, 0.05) is 12.8 Å². The van der Waals surface area contributed by atoms with Crippen LogP contribution in [0, 0.1) is 0 Å². The van der Waals surface area contributed by atoms with Gasteiger partial charge in [-0.25, -0.2) is 0 Å². The van der Waals surface area contributed by atoms with Crippen molar-refractivity contribution in [3.05, 3.63) is 24.3 Å². The molecule has 0 bridgehead atoms. The van der Waals surface area contributed by atoms with E-state index in [1.807, 2.05) is 0 Å². The highest BCUT2D eigenvalue weighted by atomic mass is 31.1. The fourth-order valence-electron chi connectivity index (χ4n) is 6.86. The van der Waals surface area contributed by atoms with E-state index in [9.17, 15) is 19.6 Å². The van der Waals surface area contributed by atoms with E-state index in [1.165, 1.54) is 89.9 Å². The third-order valence-corrected chi connectivity index (χ3v) is 11.4. The van der Waals surface area contributed by atoms with E-state index in [0.717, 1.165) is 64.2 Å². The van der Waals surface area contributed by atoms with Crippen molar-refractivity contribution in [2.24, 2.45) is 0 Å². The van der Waals surface area contributed by atoms with Crippen LogP contribution in [-0.4, -0.2) is 59.5 Å². The molecule has 5 nitrogen and oxygen atoms in total. The molecule has 49 heavy (non-hydrogen) atoms. The van der Waals surface area contributed by atoms with E-state index in [1.54, 1.807) is 28.1 Å². The van der Waals surface area contributed by atoms with Crippen molar-refractivity contribution < 1.29 is 24.1 Å². The Morgan fingerprint density at radius 3 is 1.10 bits per heavy atom. The molecule has 0 aromatic heterocycles. The highest BCUT2D eigenvalue weighted by molar-refractivity contribution is 7.51. The number of likely N-dealkylation sites (N-methyl/N-ethyl adjacent to an activating group) is 1. The van der Waals surface area contributed by atoms with Gasteiger partial charge in [0.05, 0.1) is 28.9 Å². The van der Waals surface area contributed by atoms with Gasteiger partial charge in [-0.3, -0.25) is 9.59 Å². The van der Waals surface area contributed by atoms with E-state index < -0.39 is 18.8 Å². The lowest BCUT2D eigenvalue weighted by atomic mass is 9.81. The quantitative estimate of drug-likeness (QED) is 0.0234. The largest absolute Gasteiger partial charge is 0.628 e. The van der Waals surface area contributed by atoms with Crippen LogP contribution < -0.4 is 4.89 Å². The summed E-state index contributed by atoms with van der Waals surface area (Å²) in [5.74, 6) is -0.547. The fourth-order valence-corrected chi connectivity index (χ4v) is 8.07. The molecule has 286 valence electrons. The summed E-state index contributed by atoms with van der Waals surface area (Å²) in [6.45, 7) is 6.25. The first kappa shape index (κ1) is 47.9. The average molecular weight is 707 g/mol. The smallest absolute Gasteiger partial charge is 0.302 e. The van der Waals surface area contributed by atoms with Gasteiger partial charge in [0.25, 0.3) is 5.48 Å². The van der Waals surface area contributed by atoms with Gasteiger partial charge in [0.15, 0.2) is 0 Å². The van der Waals surface area contributed by atoms with Crippen LogP contribution in [0.3, 0.4) is 0 Å². The lowest BCUT2D eigenvalue weighted by Gasteiger charge is -2.41. The fraction of sp³-hybridized carbons (Fsp3) is 0.837. The first-order valence-electron chi connectivity index (χ1n) is 20.8. The third-order valence-electron chi connectivity index (χ3n) is 9.99. The van der Waals surface area contributed by atoms with Crippen molar-refractivity contribution in [1.29, 1.82) is 0 Å². The van der Waals surface area contributed by atoms with Gasteiger partial charge < -0.3 is 14.5 Å². The maximum atomic E-state index is 13.9. The van der Waals surface area contributed by atoms with Crippen LogP contribution >= 0.6 is 7.77 Å². The molecular weight excluding hydrogens is 625 g/mol. The molecule has 0 saturated heterocycles. The Hall–Kier alpha value is -1.13. The molecule has 0 aliphatic carbocycles. The second kappa shape index (κ2) is 31.6. The maximum absolute atomic E-state index is 13.9. The number of hydrogen-bond acceptors (Lipinski definition) is 3. The minimum absolute atomic E-state index is 0.0618. The van der Waals surface area contributed by atoms with Crippen molar-refractivity contribution in [1.82, 2.24) is 0 Å². The summed E-state index contributed by atoms with van der Waals surface area (Å²) in [5.41, 5.74) is -2.17. The zero-order valence-corrected chi connectivity index (χ0v) is 34.3. The van der Waals surface area contributed by atoms with Gasteiger partial charge in [-0.1, -0.05) is 141 Å². The summed E-state index contributed by atoms with van der Waals surface area (Å²) in [7, 11) is 3.17. The number of rotatable bonds is 35. The van der Waals surface area contributed by atoms with Crippen molar-refractivity contribution in [2.45, 2.75) is 206 Å². The Balaban J connectivity index is 4.70. The van der Waals surface area contributed by atoms with Crippen LogP contribution in [0.2, 0.25) is 0 Å². The molecule has 0 amide bonds. The second-order valence-corrected chi connectivity index (χ2v) is 17.1. The Morgan fingerprint density at radius 1 is 0.531 bits per heavy atom. The van der Waals surface area contributed by atoms with Gasteiger partial charge in [-0.2, -0.15) is 0 Å². The lowest BCUT2D eigenvalue weighted by Crippen LogP contribution is -2.71. The van der Waals surface area contributed by atoms with Crippen LogP contribution in [0.5, 0.6) is 0 Å². The molecule has 0 aliphatic rings. The van der Waals surface area contributed by atoms with Gasteiger partial charge in [-0.05, 0) is 71.1 Å². The normalized spacial score (nSPS) is 13.1. The molecule has 0 spiro atoms. The monoisotopic (exact) mass is 707 g/mol. The minimum atomic E-state index is -2.18. The Bertz CT molecular complexity index is 865. The van der Waals surface area contributed by atoms with Crippen molar-refractivity contribution in [2.75, 3.05) is 27.3 Å². The zero-order chi connectivity index (χ0) is 36.6. The number of unbranched alkanes of at least 4 members (excludes halogenated alkanes) is 22. The summed E-state index contributed by atoms with van der Waals surface area (Å²) in [6, 6.07) is 0. The van der Waals surface area contributed by atoms with Gasteiger partial charge in [0.2, 0.25) is 11.6 Å². The van der Waals surface area contributed by atoms with E-state index >= 15 is 0 Å². The van der Waals surface area contributed by atoms with Gasteiger partial charge in [0.1, 0.15) is 6.16 Å². The van der Waals surface area contributed by atoms with E-state index in [0.29, 0.717) is 12.8 Å². The van der Waals surface area contributed by atoms with E-state index in [2.05, 4.69) is 38.2 Å². The average Bonchev–Trinajstić information content (AvgIpc) is 3.07. The number of allylic oxidation sites excluding steroid dienone is 4. The summed E-state index contributed by atoms with van der Waals surface area (Å²) in [4.78, 5) is 40.9. The summed E-state index contributed by atoms with van der Waals surface area (Å²) < 4.78 is -0.0618. The minimum Gasteiger partial charge on any atom is -0.628 e. The topological polar surface area (TPSA) is 77.4 Å². The van der Waals surface area contributed by atoms with Crippen LogP contribution in [0.4, 0.5) is 0 Å². The number of quaternary nitrogens is 1. The standard InChI is InChI=1S/C43H80NO4P/c1-7-10-12-14-16-18-20-22-24-26-28-30-32-34-36-38-40(45)43(44(4,5)6,42(47)49(48)9-3)41(46)39-37-35-33-31-29-27-25-23-21-19-17-15-13-11-8-2/h22-25H,7-21,26-39H2,1-6H3/p+1/b24-22-,25-23-. The third kappa shape index (κ3) is 21.7. The van der Waals surface area contributed by atoms with E-state index in [-0.39, 0.29) is 35.1 Å². The number of ketones is 2. The molecule has 1 N–H and O–H groups in total. The molecule has 6 heteroatoms. The molecule has 0 heterocycles. The molecule has 0 radical (unpaired) electrons. The molecule has 0 aromatic rings. The Morgan fingerprint density at radius 2 is 0.816 bits per heavy atom. The van der Waals surface area contributed by atoms with Gasteiger partial charge in [-0.15, -0.1) is 0 Å². The maximum Gasteiger partial charge on any atom is 0.302 e. The predicted molar refractivity (Wildman–Crippen MR) is 214 cm³/mol. The molecule has 1 atom stereocenters. The highest BCUT2D eigenvalue weighted by Crippen LogP contribution is 2.33. The second-order valence-electron chi connectivity index (χ2n) is 15.3.